The molecule has 2 aromatic rings. The highest BCUT2D eigenvalue weighted by Gasteiger charge is 2.52. The van der Waals surface area contributed by atoms with Gasteiger partial charge in [-0.25, -0.2) is 4.39 Å². The Kier molecular flexibility index (Phi) is 11.1. The highest BCUT2D eigenvalue weighted by atomic mass is 35.5. The maximum absolute atomic E-state index is 14.6. The van der Waals surface area contributed by atoms with E-state index in [0.29, 0.717) is 41.4 Å². The number of nitrogens with zero attached hydrogens (tertiary/aromatic N) is 2. The van der Waals surface area contributed by atoms with E-state index >= 15 is 0 Å². The normalized spacial score (nSPS) is 21.0. The SMILES string of the molecule is CC(C)(C)CCC(c1ccc(C(=O)NCC(=N)CCN)cc1)N1C(=O)C(c2ccc(F)c(Cl)c2)=NC12CCCC(CC(C)(C)C)C2. The second kappa shape index (κ2) is 14.3. The Balaban J connectivity index is 1.75. The van der Waals surface area contributed by atoms with Gasteiger partial charge in [0, 0.05) is 16.8 Å². The van der Waals surface area contributed by atoms with Gasteiger partial charge in [0.2, 0.25) is 0 Å². The number of amides is 2. The third-order valence-electron chi connectivity index (χ3n) is 9.03. The molecule has 3 atom stereocenters. The molecular formula is C37H51ClFN5O2. The van der Waals surface area contributed by atoms with Gasteiger partial charge in [0.25, 0.3) is 11.8 Å². The number of carbonyl (C=O) groups is 2. The number of rotatable bonds is 11. The van der Waals surface area contributed by atoms with Crippen LogP contribution in [0.5, 0.6) is 0 Å². The molecule has 1 spiro atoms. The van der Waals surface area contributed by atoms with Crippen LogP contribution in [0.3, 0.4) is 0 Å². The summed E-state index contributed by atoms with van der Waals surface area (Å²) in [5, 5.41) is 10.7. The summed E-state index contributed by atoms with van der Waals surface area (Å²) in [6.45, 7) is 13.9. The highest BCUT2D eigenvalue weighted by molar-refractivity contribution is 6.47. The summed E-state index contributed by atoms with van der Waals surface area (Å²) in [6.07, 6.45) is 6.61. The second-order valence-electron chi connectivity index (χ2n) is 15.5. The first-order valence-electron chi connectivity index (χ1n) is 16.6. The second-order valence-corrected chi connectivity index (χ2v) is 15.9. The zero-order valence-corrected chi connectivity index (χ0v) is 29.1. The average molecular weight is 652 g/mol. The first-order chi connectivity index (χ1) is 21.5. The molecule has 3 unspecified atom stereocenters. The van der Waals surface area contributed by atoms with Gasteiger partial charge in [0.1, 0.15) is 17.2 Å². The van der Waals surface area contributed by atoms with E-state index in [1.54, 1.807) is 18.2 Å². The van der Waals surface area contributed by atoms with E-state index in [-0.39, 0.29) is 40.3 Å². The lowest BCUT2D eigenvalue weighted by Gasteiger charge is -2.47. The van der Waals surface area contributed by atoms with Crippen molar-refractivity contribution >= 4 is 34.8 Å². The van der Waals surface area contributed by atoms with Crippen molar-refractivity contribution in [2.24, 2.45) is 27.5 Å². The lowest BCUT2D eigenvalue weighted by molar-refractivity contribution is -0.134. The molecule has 9 heteroatoms. The fraction of sp³-hybridized carbons (Fsp3) is 0.568. The summed E-state index contributed by atoms with van der Waals surface area (Å²) in [5.74, 6) is -0.562. The van der Waals surface area contributed by atoms with E-state index in [0.717, 1.165) is 50.5 Å². The Morgan fingerprint density at radius 1 is 1.15 bits per heavy atom. The Hall–Kier alpha value is -3.10. The van der Waals surface area contributed by atoms with Crippen molar-refractivity contribution < 1.29 is 14.0 Å². The van der Waals surface area contributed by atoms with E-state index in [1.807, 2.05) is 17.0 Å². The summed E-state index contributed by atoms with van der Waals surface area (Å²) >= 11 is 6.20. The van der Waals surface area contributed by atoms with E-state index in [4.69, 9.17) is 27.7 Å². The molecule has 2 aromatic carbocycles. The molecule has 250 valence electrons. The molecule has 1 aliphatic carbocycles. The Morgan fingerprint density at radius 3 is 2.46 bits per heavy atom. The molecule has 0 bridgehead atoms. The van der Waals surface area contributed by atoms with Crippen molar-refractivity contribution in [3.63, 3.8) is 0 Å². The predicted octanol–water partition coefficient (Wildman–Crippen LogP) is 8.10. The molecule has 0 saturated heterocycles. The molecular weight excluding hydrogens is 601 g/mol. The van der Waals surface area contributed by atoms with Gasteiger partial charge in [0.15, 0.2) is 0 Å². The molecule has 4 N–H and O–H groups in total. The van der Waals surface area contributed by atoms with E-state index in [2.05, 4.69) is 46.9 Å². The summed E-state index contributed by atoms with van der Waals surface area (Å²) in [4.78, 5) is 34.8. The number of nitrogens with one attached hydrogen (secondary N) is 2. The van der Waals surface area contributed by atoms with E-state index < -0.39 is 11.5 Å². The van der Waals surface area contributed by atoms with Gasteiger partial charge in [-0.05, 0) is 104 Å². The predicted molar refractivity (Wildman–Crippen MR) is 185 cm³/mol. The van der Waals surface area contributed by atoms with Crippen LogP contribution in [0.2, 0.25) is 5.02 Å². The van der Waals surface area contributed by atoms with Gasteiger partial charge in [-0.2, -0.15) is 0 Å². The van der Waals surface area contributed by atoms with Crippen LogP contribution >= 0.6 is 11.6 Å². The largest absolute Gasteiger partial charge is 0.347 e. The number of hydrogen-bond donors (Lipinski definition) is 3. The third kappa shape index (κ3) is 8.82. The van der Waals surface area contributed by atoms with E-state index in [9.17, 15) is 14.0 Å². The zero-order valence-electron chi connectivity index (χ0n) is 28.3. The molecule has 2 amide bonds. The van der Waals surface area contributed by atoms with E-state index in [1.165, 1.54) is 12.1 Å². The molecule has 1 saturated carbocycles. The molecule has 1 heterocycles. The number of benzene rings is 2. The summed E-state index contributed by atoms with van der Waals surface area (Å²) in [6, 6.07) is 11.6. The van der Waals surface area contributed by atoms with Gasteiger partial charge in [-0.3, -0.25) is 14.6 Å². The van der Waals surface area contributed by atoms with Gasteiger partial charge in [-0.1, -0.05) is 71.7 Å². The molecule has 4 rings (SSSR count). The Morgan fingerprint density at radius 2 is 1.85 bits per heavy atom. The van der Waals surface area contributed by atoms with Crippen LogP contribution in [-0.4, -0.2) is 46.9 Å². The number of nitrogens with two attached hydrogens (primary N) is 1. The van der Waals surface area contributed by atoms with Crippen molar-refractivity contribution in [3.8, 4) is 0 Å². The van der Waals surface area contributed by atoms with Gasteiger partial charge in [0.05, 0.1) is 17.6 Å². The molecule has 1 fully saturated rings. The lowest BCUT2D eigenvalue weighted by Crippen LogP contribution is -2.51. The Labute approximate surface area is 279 Å². The van der Waals surface area contributed by atoms with Gasteiger partial charge < -0.3 is 21.4 Å². The van der Waals surface area contributed by atoms with Crippen LogP contribution in [-0.2, 0) is 4.79 Å². The van der Waals surface area contributed by atoms with Gasteiger partial charge >= 0.3 is 0 Å². The van der Waals surface area contributed by atoms with Crippen molar-refractivity contribution in [3.05, 3.63) is 70.0 Å². The average Bonchev–Trinajstić information content (AvgIpc) is 3.23. The third-order valence-corrected chi connectivity index (χ3v) is 9.32. The number of halogens is 2. The Bertz CT molecular complexity index is 1460. The minimum absolute atomic E-state index is 0.0253. The minimum atomic E-state index is -0.733. The quantitative estimate of drug-likeness (QED) is 0.213. The smallest absolute Gasteiger partial charge is 0.275 e. The van der Waals surface area contributed by atoms with Crippen LogP contribution in [0, 0.1) is 28.0 Å². The zero-order chi connectivity index (χ0) is 33.9. The van der Waals surface area contributed by atoms with Crippen molar-refractivity contribution in [2.75, 3.05) is 13.1 Å². The first kappa shape index (κ1) is 35.7. The molecule has 2 aliphatic rings. The molecule has 0 radical (unpaired) electrons. The number of hydrogen-bond acceptors (Lipinski definition) is 5. The van der Waals surface area contributed by atoms with Crippen LogP contribution in [0.1, 0.15) is 120 Å². The van der Waals surface area contributed by atoms with Crippen LogP contribution in [0.4, 0.5) is 4.39 Å². The van der Waals surface area contributed by atoms with Crippen LogP contribution in [0.15, 0.2) is 47.5 Å². The maximum atomic E-state index is 14.6. The summed E-state index contributed by atoms with van der Waals surface area (Å²) in [5.41, 5.74) is 7.63. The minimum Gasteiger partial charge on any atom is -0.347 e. The fourth-order valence-corrected chi connectivity index (χ4v) is 7.18. The number of aliphatic imine (C=N–C) groups is 1. The maximum Gasteiger partial charge on any atom is 0.275 e. The molecule has 7 nitrogen and oxygen atoms in total. The monoisotopic (exact) mass is 651 g/mol. The van der Waals surface area contributed by atoms with Gasteiger partial charge in [-0.15, -0.1) is 0 Å². The van der Waals surface area contributed by atoms with Crippen LogP contribution in [0.25, 0.3) is 0 Å². The standard InChI is InChI=1S/C37H51ClFN5O2/c1-35(2,3)18-15-31(25-9-11-26(12-10-25)33(45)42-23-28(41)16-19-40)44-34(46)32(27-13-14-30(39)29(38)20-27)43-37(44)17-7-8-24(22-37)21-36(4,5)6/h9-14,20,24,31,41H,7-8,15-19,21-23,40H2,1-6H3,(H,42,45). The first-order valence-corrected chi connectivity index (χ1v) is 16.9. The van der Waals surface area contributed by atoms with Crippen molar-refractivity contribution in [1.82, 2.24) is 10.2 Å². The molecule has 1 aliphatic heterocycles. The topological polar surface area (TPSA) is 112 Å². The van der Waals surface area contributed by atoms with Crippen molar-refractivity contribution in [2.45, 2.75) is 105 Å². The summed E-state index contributed by atoms with van der Waals surface area (Å²) in [7, 11) is 0. The lowest BCUT2D eigenvalue weighted by atomic mass is 9.73. The van der Waals surface area contributed by atoms with Crippen LogP contribution < -0.4 is 11.1 Å². The van der Waals surface area contributed by atoms with Crippen molar-refractivity contribution in [1.29, 1.82) is 5.41 Å². The number of carbonyl (C=O) groups excluding carboxylic acids is 2. The highest BCUT2D eigenvalue weighted by Crippen LogP contribution is 2.49. The summed E-state index contributed by atoms with van der Waals surface area (Å²) < 4.78 is 14.2. The fourth-order valence-electron chi connectivity index (χ4n) is 7.00. The molecule has 0 aromatic heterocycles. The molecule has 46 heavy (non-hydrogen) atoms.